The molecule has 32 heavy (non-hydrogen) atoms. The monoisotopic (exact) mass is 438 g/mol. The lowest BCUT2D eigenvalue weighted by atomic mass is 9.74. The van der Waals surface area contributed by atoms with E-state index in [-0.39, 0.29) is 18.1 Å². The first-order chi connectivity index (χ1) is 15.4. The summed E-state index contributed by atoms with van der Waals surface area (Å²) in [6, 6.07) is 15.9. The molecule has 1 atom stereocenters. The zero-order valence-electron chi connectivity index (χ0n) is 18.4. The first kappa shape index (κ1) is 22.3. The predicted octanol–water partition coefficient (Wildman–Crippen LogP) is 4.20. The number of hydrogen-bond donors (Lipinski definition) is 1. The Labute approximate surface area is 188 Å². The molecule has 2 fully saturated rings. The zero-order chi connectivity index (χ0) is 22.6. The van der Waals surface area contributed by atoms with Gasteiger partial charge in [-0.05, 0) is 55.5 Å². The number of nitrogens with zero attached hydrogens (tertiary/aromatic N) is 1. The van der Waals surface area contributed by atoms with Crippen LogP contribution in [0.1, 0.15) is 50.5 Å². The number of para-hydroxylation sites is 1. The number of benzene rings is 2. The maximum absolute atomic E-state index is 14.0. The van der Waals surface area contributed by atoms with Gasteiger partial charge >= 0.3 is 0 Å². The molecule has 6 heteroatoms. The number of amides is 2. The van der Waals surface area contributed by atoms with Crippen LogP contribution in [0.3, 0.4) is 0 Å². The summed E-state index contributed by atoms with van der Waals surface area (Å²) >= 11 is 0. The van der Waals surface area contributed by atoms with Crippen LogP contribution < -0.4 is 10.5 Å². The molecule has 1 heterocycles. The lowest BCUT2D eigenvalue weighted by Gasteiger charge is -2.45. The van der Waals surface area contributed by atoms with Gasteiger partial charge in [-0.15, -0.1) is 0 Å². The van der Waals surface area contributed by atoms with E-state index in [1.165, 1.54) is 12.1 Å². The molecule has 4 rings (SSSR count). The molecule has 0 radical (unpaired) electrons. The molecule has 0 unspecified atom stereocenters. The summed E-state index contributed by atoms with van der Waals surface area (Å²) in [5.41, 5.74) is 5.14. The maximum Gasteiger partial charge on any atom is 0.233 e. The molecule has 1 saturated heterocycles. The van der Waals surface area contributed by atoms with Crippen molar-refractivity contribution in [2.45, 2.75) is 50.4 Å². The van der Waals surface area contributed by atoms with Crippen molar-refractivity contribution >= 4 is 11.8 Å². The number of carbonyl (C=O) groups excluding carboxylic acids is 2. The lowest BCUT2D eigenvalue weighted by Crippen LogP contribution is -2.54. The molecule has 0 spiro atoms. The molecule has 2 aromatic carbocycles. The van der Waals surface area contributed by atoms with Crippen LogP contribution in [0.4, 0.5) is 4.39 Å². The van der Waals surface area contributed by atoms with Gasteiger partial charge in [0.25, 0.3) is 0 Å². The van der Waals surface area contributed by atoms with E-state index in [9.17, 15) is 14.0 Å². The molecule has 170 valence electrons. The average Bonchev–Trinajstić information content (AvgIpc) is 3.29. The number of likely N-dealkylation sites (tertiary alicyclic amines) is 1. The van der Waals surface area contributed by atoms with Crippen LogP contribution in [-0.4, -0.2) is 36.4 Å². The Balaban J connectivity index is 1.58. The summed E-state index contributed by atoms with van der Waals surface area (Å²) in [5.74, 6) is 0.0527. The Hall–Kier alpha value is -2.89. The van der Waals surface area contributed by atoms with Gasteiger partial charge in [0.1, 0.15) is 11.6 Å². The number of carbonyl (C=O) groups is 2. The van der Waals surface area contributed by atoms with Crippen molar-refractivity contribution in [2.75, 3.05) is 19.7 Å². The Kier molecular flexibility index (Phi) is 6.49. The van der Waals surface area contributed by atoms with Crippen molar-refractivity contribution in [3.63, 3.8) is 0 Å². The van der Waals surface area contributed by atoms with Gasteiger partial charge in [0.05, 0.1) is 12.0 Å². The Morgan fingerprint density at radius 1 is 1.00 bits per heavy atom. The zero-order valence-corrected chi connectivity index (χ0v) is 18.4. The molecule has 2 amide bonds. The fourth-order valence-corrected chi connectivity index (χ4v) is 5.51. The Bertz CT molecular complexity index is 959. The summed E-state index contributed by atoms with van der Waals surface area (Å²) in [5, 5.41) is 0. The average molecular weight is 439 g/mol. The van der Waals surface area contributed by atoms with Crippen LogP contribution in [0.5, 0.6) is 5.75 Å². The molecular formula is C26H31FN2O3. The minimum atomic E-state index is -0.696. The second kappa shape index (κ2) is 9.31. The molecule has 2 aliphatic rings. The SMILES string of the molecule is NC(=O)C[C@@]1(COc2ccccc2)CCCN(C(=O)C2(c3cccc(F)c3)CCCC2)C1. The summed E-state index contributed by atoms with van der Waals surface area (Å²) in [4.78, 5) is 27.8. The van der Waals surface area contributed by atoms with Crippen molar-refractivity contribution in [2.24, 2.45) is 11.1 Å². The summed E-state index contributed by atoms with van der Waals surface area (Å²) in [7, 11) is 0. The summed E-state index contributed by atoms with van der Waals surface area (Å²) < 4.78 is 20.1. The number of rotatable bonds is 7. The van der Waals surface area contributed by atoms with Gasteiger partial charge in [0.2, 0.25) is 11.8 Å². The number of hydrogen-bond acceptors (Lipinski definition) is 3. The molecular weight excluding hydrogens is 407 g/mol. The van der Waals surface area contributed by atoms with Crippen LogP contribution in [0.2, 0.25) is 0 Å². The highest BCUT2D eigenvalue weighted by Crippen LogP contribution is 2.44. The first-order valence-corrected chi connectivity index (χ1v) is 11.4. The van der Waals surface area contributed by atoms with Crippen LogP contribution in [0.15, 0.2) is 54.6 Å². The predicted molar refractivity (Wildman–Crippen MR) is 121 cm³/mol. The third kappa shape index (κ3) is 4.64. The van der Waals surface area contributed by atoms with E-state index in [0.717, 1.165) is 49.8 Å². The second-order valence-electron chi connectivity index (χ2n) is 9.37. The van der Waals surface area contributed by atoms with Gasteiger partial charge in [-0.25, -0.2) is 4.39 Å². The minimum Gasteiger partial charge on any atom is -0.493 e. The smallest absolute Gasteiger partial charge is 0.233 e. The normalized spacial score (nSPS) is 22.5. The lowest BCUT2D eigenvalue weighted by molar-refractivity contribution is -0.143. The van der Waals surface area contributed by atoms with Gasteiger partial charge < -0.3 is 15.4 Å². The molecule has 2 N–H and O–H groups in total. The van der Waals surface area contributed by atoms with Crippen LogP contribution >= 0.6 is 0 Å². The van der Waals surface area contributed by atoms with Crippen molar-refractivity contribution in [1.82, 2.24) is 4.90 Å². The quantitative estimate of drug-likeness (QED) is 0.704. The third-order valence-corrected chi connectivity index (χ3v) is 7.03. The van der Waals surface area contributed by atoms with E-state index in [1.807, 2.05) is 41.3 Å². The highest BCUT2D eigenvalue weighted by atomic mass is 19.1. The molecule has 1 aliphatic heterocycles. The van der Waals surface area contributed by atoms with Gasteiger partial charge in [-0.3, -0.25) is 9.59 Å². The van der Waals surface area contributed by atoms with Crippen LogP contribution in [0, 0.1) is 11.2 Å². The Morgan fingerprint density at radius 3 is 2.44 bits per heavy atom. The van der Waals surface area contributed by atoms with Gasteiger partial charge in [0.15, 0.2) is 0 Å². The highest BCUT2D eigenvalue weighted by molar-refractivity contribution is 5.89. The van der Waals surface area contributed by atoms with Gasteiger partial charge in [-0.2, -0.15) is 0 Å². The minimum absolute atomic E-state index is 0.0360. The van der Waals surface area contributed by atoms with Crippen molar-refractivity contribution in [3.8, 4) is 5.75 Å². The molecule has 1 saturated carbocycles. The number of piperidine rings is 1. The first-order valence-electron chi connectivity index (χ1n) is 11.4. The van der Waals surface area contributed by atoms with Crippen LogP contribution in [0.25, 0.3) is 0 Å². The summed E-state index contributed by atoms with van der Waals surface area (Å²) in [6.07, 6.45) is 5.02. The van der Waals surface area contributed by atoms with E-state index in [2.05, 4.69) is 0 Å². The van der Waals surface area contributed by atoms with E-state index in [0.29, 0.717) is 19.7 Å². The fraction of sp³-hybridized carbons (Fsp3) is 0.462. The van der Waals surface area contributed by atoms with Gasteiger partial charge in [0, 0.05) is 24.9 Å². The van der Waals surface area contributed by atoms with Gasteiger partial charge in [-0.1, -0.05) is 43.2 Å². The fourth-order valence-electron chi connectivity index (χ4n) is 5.51. The second-order valence-corrected chi connectivity index (χ2v) is 9.37. The number of nitrogens with two attached hydrogens (primary N) is 1. The number of halogens is 1. The molecule has 2 aromatic rings. The summed E-state index contributed by atoms with van der Waals surface area (Å²) in [6.45, 7) is 1.36. The molecule has 1 aliphatic carbocycles. The topological polar surface area (TPSA) is 72.6 Å². The standard InChI is InChI=1S/C26H31FN2O3/c27-21-9-6-8-20(16-21)26(13-4-5-14-26)24(31)29-15-7-12-25(18-29,17-23(28)30)19-32-22-10-2-1-3-11-22/h1-3,6,8-11,16H,4-5,7,12-15,17-19H2,(H2,28,30)/t25-/m0/s1. The maximum atomic E-state index is 14.0. The van der Waals surface area contributed by atoms with Crippen molar-refractivity contribution < 1.29 is 18.7 Å². The van der Waals surface area contributed by atoms with Crippen molar-refractivity contribution in [3.05, 3.63) is 66.0 Å². The van der Waals surface area contributed by atoms with E-state index in [1.54, 1.807) is 6.07 Å². The van der Waals surface area contributed by atoms with E-state index < -0.39 is 16.7 Å². The van der Waals surface area contributed by atoms with Crippen LogP contribution in [-0.2, 0) is 15.0 Å². The molecule has 5 nitrogen and oxygen atoms in total. The largest absolute Gasteiger partial charge is 0.493 e. The highest BCUT2D eigenvalue weighted by Gasteiger charge is 2.48. The number of primary amides is 1. The van der Waals surface area contributed by atoms with E-state index >= 15 is 0 Å². The Morgan fingerprint density at radius 2 is 1.75 bits per heavy atom. The molecule has 0 bridgehead atoms. The number of ether oxygens (including phenoxy) is 1. The third-order valence-electron chi connectivity index (χ3n) is 7.03. The van der Waals surface area contributed by atoms with Crippen molar-refractivity contribution in [1.29, 1.82) is 0 Å². The molecule has 0 aromatic heterocycles. The van der Waals surface area contributed by atoms with E-state index in [4.69, 9.17) is 10.5 Å².